The number of nitrogens with zero attached hydrogens (tertiary/aromatic N) is 2. The van der Waals surface area contributed by atoms with E-state index in [-0.39, 0.29) is 62.4 Å². The molecule has 0 saturated carbocycles. The van der Waals surface area contributed by atoms with E-state index in [1.165, 1.54) is 6.07 Å². The Balaban J connectivity index is 1.65. The zero-order valence-electron chi connectivity index (χ0n) is 30.5. The van der Waals surface area contributed by atoms with Gasteiger partial charge in [0.25, 0.3) is 0 Å². The number of hydrogen-bond donors (Lipinski definition) is 3. The molecular weight excluding hydrogens is 640 g/mol. The molecule has 0 radical (unpaired) electrons. The van der Waals surface area contributed by atoms with Crippen molar-refractivity contribution in [3.8, 4) is 5.75 Å². The number of fused-ring (bicyclic) bond motifs is 4. The van der Waals surface area contributed by atoms with Gasteiger partial charge in [-0.2, -0.15) is 0 Å². The molecule has 2 fully saturated rings. The molecule has 3 aromatic rings. The molecule has 6 rings (SSSR count). The third kappa shape index (κ3) is 5.46. The number of ketones is 2. The molecule has 0 bridgehead atoms. The number of benzene rings is 2. The summed E-state index contributed by atoms with van der Waals surface area (Å²) in [5.74, 6) is -1.31. The van der Waals surface area contributed by atoms with Crippen LogP contribution in [0.15, 0.2) is 33.5 Å². The monoisotopic (exact) mass is 688 g/mol. The number of phenolic OH excluding ortho intramolecular Hbond substituents is 1. The molecule has 11 nitrogen and oxygen atoms in total. The van der Waals surface area contributed by atoms with Gasteiger partial charge in [-0.05, 0) is 111 Å². The minimum atomic E-state index is -0.847. The van der Waals surface area contributed by atoms with Crippen LogP contribution in [0.25, 0.3) is 16.5 Å². The van der Waals surface area contributed by atoms with Crippen LogP contribution in [0.5, 0.6) is 5.75 Å². The standard InChI is InChI=1S/C39H48N2O9/c1-11-17(2)26-15-25(42)29-18(3)12-23-31(37(29)50-26)36(46)32-30(35(23)45)21(27-14-24(40(7)8)33(43)19(4)48-27)13-22(34(32)44)28-16-39(6,41(9)10)38(47)20(5)49-28/h11-13,15,19-20,24,27-28,33,38,43-44,47H,14,16H2,1-10H3/b17-11-/t19-,20-,24-,27-,28-,33+,38+,39+/m0/s1. The number of aryl methyl sites for hydroxylation is 1. The zero-order chi connectivity index (χ0) is 36.7. The molecule has 3 N–H and O–H groups in total. The molecule has 3 aliphatic rings. The summed E-state index contributed by atoms with van der Waals surface area (Å²) in [5.41, 5.74) is 0.492. The van der Waals surface area contributed by atoms with Crippen molar-refractivity contribution in [1.29, 1.82) is 0 Å². The number of carbonyl (C=O) groups is 2. The third-order valence-electron chi connectivity index (χ3n) is 11.5. The summed E-state index contributed by atoms with van der Waals surface area (Å²) in [4.78, 5) is 47.0. The Morgan fingerprint density at radius 1 is 0.920 bits per heavy atom. The minimum Gasteiger partial charge on any atom is -0.507 e. The number of aliphatic hydroxyl groups excluding tert-OH is 2. The molecule has 8 atom stereocenters. The van der Waals surface area contributed by atoms with Crippen molar-refractivity contribution in [2.75, 3.05) is 28.2 Å². The van der Waals surface area contributed by atoms with Crippen LogP contribution in [0.4, 0.5) is 0 Å². The van der Waals surface area contributed by atoms with Gasteiger partial charge in [-0.3, -0.25) is 14.4 Å². The second-order valence-corrected chi connectivity index (χ2v) is 14.9. The number of carbonyl (C=O) groups excluding carboxylic acids is 2. The Kier molecular flexibility index (Phi) is 9.24. The van der Waals surface area contributed by atoms with Crippen molar-refractivity contribution in [3.63, 3.8) is 0 Å². The number of likely N-dealkylation sites (N-methyl/N-ethyl adjacent to an activating group) is 2. The first-order valence-corrected chi connectivity index (χ1v) is 17.2. The van der Waals surface area contributed by atoms with Crippen LogP contribution >= 0.6 is 0 Å². The molecule has 2 aromatic carbocycles. The Morgan fingerprint density at radius 2 is 1.58 bits per heavy atom. The quantitative estimate of drug-likeness (QED) is 0.268. The summed E-state index contributed by atoms with van der Waals surface area (Å²) in [6, 6.07) is 4.29. The molecule has 11 heteroatoms. The van der Waals surface area contributed by atoms with Crippen molar-refractivity contribution >= 4 is 28.1 Å². The van der Waals surface area contributed by atoms with Crippen molar-refractivity contribution in [3.05, 3.63) is 79.2 Å². The van der Waals surface area contributed by atoms with Crippen molar-refractivity contribution in [1.82, 2.24) is 9.80 Å². The van der Waals surface area contributed by atoms with Gasteiger partial charge in [0.05, 0.1) is 53.1 Å². The molecule has 2 saturated heterocycles. The number of ether oxygens (including phenoxy) is 2. The Hall–Kier alpha value is -3.71. The maximum atomic E-state index is 14.9. The molecule has 0 amide bonds. The maximum absolute atomic E-state index is 14.9. The fourth-order valence-electron chi connectivity index (χ4n) is 8.00. The van der Waals surface area contributed by atoms with Crippen LogP contribution in [-0.2, 0) is 9.47 Å². The third-order valence-corrected chi connectivity index (χ3v) is 11.5. The van der Waals surface area contributed by atoms with Gasteiger partial charge in [-0.1, -0.05) is 6.08 Å². The van der Waals surface area contributed by atoms with Gasteiger partial charge >= 0.3 is 0 Å². The van der Waals surface area contributed by atoms with E-state index in [1.807, 2.05) is 44.9 Å². The number of rotatable bonds is 5. The van der Waals surface area contributed by atoms with Gasteiger partial charge in [0.1, 0.15) is 11.5 Å². The van der Waals surface area contributed by atoms with Gasteiger partial charge in [0, 0.05) is 34.3 Å². The van der Waals surface area contributed by atoms with E-state index in [0.717, 1.165) is 0 Å². The van der Waals surface area contributed by atoms with Crippen LogP contribution in [-0.4, -0.2) is 101 Å². The zero-order valence-corrected chi connectivity index (χ0v) is 30.5. The van der Waals surface area contributed by atoms with Crippen LogP contribution in [0.3, 0.4) is 0 Å². The summed E-state index contributed by atoms with van der Waals surface area (Å²) in [6.45, 7) is 10.7. The molecule has 0 spiro atoms. The molecule has 50 heavy (non-hydrogen) atoms. The smallest absolute Gasteiger partial charge is 0.202 e. The van der Waals surface area contributed by atoms with Crippen LogP contribution in [0, 0.1) is 6.92 Å². The first-order valence-electron chi connectivity index (χ1n) is 17.2. The van der Waals surface area contributed by atoms with Crippen molar-refractivity contribution < 1.29 is 38.8 Å². The van der Waals surface area contributed by atoms with Crippen molar-refractivity contribution in [2.24, 2.45) is 0 Å². The summed E-state index contributed by atoms with van der Waals surface area (Å²) in [5, 5.41) is 34.5. The lowest BCUT2D eigenvalue weighted by Gasteiger charge is -2.49. The summed E-state index contributed by atoms with van der Waals surface area (Å²) in [6.07, 6.45) is -2.05. The Morgan fingerprint density at radius 3 is 2.20 bits per heavy atom. The molecule has 3 heterocycles. The number of aliphatic hydroxyl groups is 2. The highest BCUT2D eigenvalue weighted by Gasteiger charge is 2.49. The number of hydrogen-bond acceptors (Lipinski definition) is 11. The lowest BCUT2D eigenvalue weighted by Crippen LogP contribution is -2.59. The van der Waals surface area contributed by atoms with E-state index in [9.17, 15) is 29.7 Å². The first-order chi connectivity index (χ1) is 23.4. The first kappa shape index (κ1) is 36.1. The number of phenols is 1. The highest BCUT2D eigenvalue weighted by atomic mass is 16.5. The minimum absolute atomic E-state index is 0.0102. The topological polar surface area (TPSA) is 150 Å². The largest absolute Gasteiger partial charge is 0.507 e. The summed E-state index contributed by atoms with van der Waals surface area (Å²) < 4.78 is 19.0. The summed E-state index contributed by atoms with van der Waals surface area (Å²) in [7, 11) is 7.46. The molecule has 0 unspecified atom stereocenters. The number of aromatic hydroxyl groups is 1. The van der Waals surface area contributed by atoms with E-state index in [1.54, 1.807) is 52.8 Å². The average Bonchev–Trinajstić information content (AvgIpc) is 3.05. The van der Waals surface area contributed by atoms with Gasteiger partial charge < -0.3 is 39.0 Å². The maximum Gasteiger partial charge on any atom is 0.202 e. The molecule has 1 aliphatic carbocycles. The molecule has 1 aromatic heterocycles. The van der Waals surface area contributed by atoms with E-state index in [2.05, 4.69) is 0 Å². The summed E-state index contributed by atoms with van der Waals surface area (Å²) >= 11 is 0. The predicted molar refractivity (Wildman–Crippen MR) is 189 cm³/mol. The molecule has 268 valence electrons. The predicted octanol–water partition coefficient (Wildman–Crippen LogP) is 4.68. The lowest BCUT2D eigenvalue weighted by molar-refractivity contribution is -0.176. The molecular formula is C39H48N2O9. The van der Waals surface area contributed by atoms with E-state index in [0.29, 0.717) is 23.1 Å². The second-order valence-electron chi connectivity index (χ2n) is 14.9. The van der Waals surface area contributed by atoms with Crippen LogP contribution in [0.2, 0.25) is 0 Å². The van der Waals surface area contributed by atoms with Gasteiger partial charge in [0.15, 0.2) is 16.8 Å². The fraction of sp³-hybridized carbons (Fsp3) is 0.513. The Labute approximate surface area is 292 Å². The van der Waals surface area contributed by atoms with Gasteiger partial charge in [-0.15, -0.1) is 0 Å². The van der Waals surface area contributed by atoms with Crippen LogP contribution < -0.4 is 5.43 Å². The Bertz CT molecular complexity index is 2000. The molecule has 2 aliphatic heterocycles. The van der Waals surface area contributed by atoms with E-state index >= 15 is 0 Å². The van der Waals surface area contributed by atoms with Crippen LogP contribution in [0.1, 0.15) is 114 Å². The SMILES string of the molecule is C/C=C(/C)c1cc(=O)c2c(C)cc3c(c2o1)C(=O)c1c(O)c([C@@H]2C[C@@](C)(N(C)C)[C@H](O)[C@H](C)O2)cc([C@@H]2C[C@H](N(C)C)[C@H](O)[C@H](C)O2)c1C3=O. The number of allylic oxidation sites excluding steroid dienone is 2. The highest BCUT2D eigenvalue weighted by molar-refractivity contribution is 6.33. The van der Waals surface area contributed by atoms with Crippen molar-refractivity contribution in [2.45, 2.75) is 103 Å². The highest BCUT2D eigenvalue weighted by Crippen LogP contribution is 2.49. The second kappa shape index (κ2) is 12.8. The van der Waals surface area contributed by atoms with E-state index < -0.39 is 59.5 Å². The van der Waals surface area contributed by atoms with Gasteiger partial charge in [-0.25, -0.2) is 0 Å². The fourth-order valence-corrected chi connectivity index (χ4v) is 8.00. The lowest BCUT2D eigenvalue weighted by atomic mass is 9.74. The van der Waals surface area contributed by atoms with E-state index in [4.69, 9.17) is 13.9 Å². The normalized spacial score (nSPS) is 30.3. The van der Waals surface area contributed by atoms with Gasteiger partial charge in [0.2, 0.25) is 5.78 Å². The average molecular weight is 689 g/mol.